The molecule has 1 saturated carbocycles. The molecule has 150 valence electrons. The molecule has 2 aromatic heterocycles. The quantitative estimate of drug-likeness (QED) is 0.636. The molecule has 2 amide bonds. The topological polar surface area (TPSA) is 84.7 Å². The molecule has 0 radical (unpaired) electrons. The van der Waals surface area contributed by atoms with Crippen molar-refractivity contribution >= 4 is 11.8 Å². The number of hydrogen-bond donors (Lipinski definition) is 2. The first-order chi connectivity index (χ1) is 14.1. The number of nitrogens with zero attached hydrogens (tertiary/aromatic N) is 4. The molecule has 0 atom stereocenters. The smallest absolute Gasteiger partial charge is 0.320 e. The molecule has 2 N–H and O–H groups in total. The third kappa shape index (κ3) is 4.59. The molecule has 29 heavy (non-hydrogen) atoms. The fraction of sp³-hybridized carbons (Fsp3) is 0.333. The number of halogens is 1. The summed E-state index contributed by atoms with van der Waals surface area (Å²) in [5.41, 5.74) is 2.08. The predicted molar refractivity (Wildman–Crippen MR) is 108 cm³/mol. The number of rotatable bonds is 7. The Morgan fingerprint density at radius 3 is 2.86 bits per heavy atom. The second-order valence-electron chi connectivity index (χ2n) is 7.14. The van der Waals surface area contributed by atoms with Crippen molar-refractivity contribution in [2.45, 2.75) is 38.6 Å². The lowest BCUT2D eigenvalue weighted by Crippen LogP contribution is -2.30. The summed E-state index contributed by atoms with van der Waals surface area (Å²) in [4.78, 5) is 21.1. The molecule has 2 heterocycles. The van der Waals surface area contributed by atoms with E-state index in [2.05, 4.69) is 25.7 Å². The Morgan fingerprint density at radius 1 is 1.28 bits per heavy atom. The fourth-order valence-corrected chi connectivity index (χ4v) is 3.07. The van der Waals surface area contributed by atoms with E-state index in [1.54, 1.807) is 41.3 Å². The van der Waals surface area contributed by atoms with Gasteiger partial charge in [-0.2, -0.15) is 5.10 Å². The summed E-state index contributed by atoms with van der Waals surface area (Å²) in [7, 11) is 0. The lowest BCUT2D eigenvalue weighted by Gasteiger charge is -2.11. The summed E-state index contributed by atoms with van der Waals surface area (Å²) in [5.74, 6) is 1.07. The van der Waals surface area contributed by atoms with Crippen molar-refractivity contribution in [1.82, 2.24) is 25.1 Å². The zero-order valence-electron chi connectivity index (χ0n) is 16.2. The molecule has 0 spiro atoms. The van der Waals surface area contributed by atoms with Crippen LogP contribution in [0, 0.1) is 5.82 Å². The van der Waals surface area contributed by atoms with Gasteiger partial charge in [0.15, 0.2) is 5.82 Å². The molecule has 1 aromatic carbocycles. The number of nitrogens with one attached hydrogen (secondary N) is 2. The first-order valence-electron chi connectivity index (χ1n) is 9.83. The first kappa shape index (κ1) is 19.0. The van der Waals surface area contributed by atoms with Gasteiger partial charge < -0.3 is 5.32 Å². The summed E-state index contributed by atoms with van der Waals surface area (Å²) in [5, 5.41) is 10.1. The molecule has 0 bridgehead atoms. The van der Waals surface area contributed by atoms with E-state index in [0.29, 0.717) is 41.9 Å². The Hall–Kier alpha value is -3.29. The van der Waals surface area contributed by atoms with Crippen molar-refractivity contribution in [2.75, 3.05) is 11.9 Å². The summed E-state index contributed by atoms with van der Waals surface area (Å²) in [6, 6.07) is 8.13. The van der Waals surface area contributed by atoms with Gasteiger partial charge in [-0.15, -0.1) is 0 Å². The molecule has 0 unspecified atom stereocenters. The number of hydrogen-bond acceptors (Lipinski definition) is 4. The highest BCUT2D eigenvalue weighted by molar-refractivity contribution is 5.89. The minimum atomic E-state index is -0.275. The Bertz CT molecular complexity index is 1010. The summed E-state index contributed by atoms with van der Waals surface area (Å²) < 4.78 is 15.5. The van der Waals surface area contributed by atoms with Crippen LogP contribution in [-0.4, -0.2) is 32.3 Å². The number of anilines is 1. The Kier molecular flexibility index (Phi) is 5.50. The highest BCUT2D eigenvalue weighted by Crippen LogP contribution is 2.42. The monoisotopic (exact) mass is 394 g/mol. The van der Waals surface area contributed by atoms with Crippen LogP contribution in [0.4, 0.5) is 15.0 Å². The molecule has 3 aromatic rings. The van der Waals surface area contributed by atoms with Crippen LogP contribution in [0.3, 0.4) is 0 Å². The molecule has 1 fully saturated rings. The molecule has 4 rings (SSSR count). The molecule has 0 aliphatic heterocycles. The van der Waals surface area contributed by atoms with Crippen LogP contribution in [-0.2, 0) is 6.54 Å². The molecule has 0 saturated heterocycles. The van der Waals surface area contributed by atoms with Gasteiger partial charge in [0.05, 0.1) is 6.54 Å². The van der Waals surface area contributed by atoms with E-state index in [-0.39, 0.29) is 11.8 Å². The molecule has 1 aliphatic rings. The number of carbonyl (C=O) groups is 1. The first-order valence-corrected chi connectivity index (χ1v) is 9.83. The average molecular weight is 394 g/mol. The van der Waals surface area contributed by atoms with E-state index in [4.69, 9.17) is 0 Å². The van der Waals surface area contributed by atoms with Crippen LogP contribution < -0.4 is 10.6 Å². The summed E-state index contributed by atoms with van der Waals surface area (Å²) in [6.07, 6.45) is 6.54. The van der Waals surface area contributed by atoms with Gasteiger partial charge in [0.1, 0.15) is 17.3 Å². The van der Waals surface area contributed by atoms with Gasteiger partial charge in [-0.3, -0.25) is 10.00 Å². The van der Waals surface area contributed by atoms with Crippen LogP contribution >= 0.6 is 0 Å². The SMILES string of the molecule is CCCNC(=O)Nc1nc(-c2ccn(Cc3ccccc3F)n2)ncc1C1CC1. The maximum absolute atomic E-state index is 13.9. The van der Waals surface area contributed by atoms with E-state index in [1.807, 2.05) is 6.92 Å². The van der Waals surface area contributed by atoms with E-state index < -0.39 is 0 Å². The van der Waals surface area contributed by atoms with Gasteiger partial charge in [-0.05, 0) is 37.3 Å². The van der Waals surface area contributed by atoms with E-state index in [0.717, 1.165) is 24.8 Å². The molecule has 7 nitrogen and oxygen atoms in total. The third-order valence-electron chi connectivity index (χ3n) is 4.76. The van der Waals surface area contributed by atoms with Crippen molar-refractivity contribution in [1.29, 1.82) is 0 Å². The van der Waals surface area contributed by atoms with Gasteiger partial charge >= 0.3 is 6.03 Å². The number of aromatic nitrogens is 4. The van der Waals surface area contributed by atoms with Gasteiger partial charge in [0.25, 0.3) is 0 Å². The fourth-order valence-electron chi connectivity index (χ4n) is 3.07. The van der Waals surface area contributed by atoms with Gasteiger partial charge in [0.2, 0.25) is 0 Å². The van der Waals surface area contributed by atoms with Crippen molar-refractivity contribution < 1.29 is 9.18 Å². The number of benzene rings is 1. The predicted octanol–water partition coefficient (Wildman–Crippen LogP) is 3.94. The summed E-state index contributed by atoms with van der Waals surface area (Å²) in [6.45, 7) is 2.91. The van der Waals surface area contributed by atoms with Crippen molar-refractivity contribution in [3.63, 3.8) is 0 Å². The maximum Gasteiger partial charge on any atom is 0.320 e. The zero-order chi connectivity index (χ0) is 20.2. The zero-order valence-corrected chi connectivity index (χ0v) is 16.2. The Labute approximate surface area is 168 Å². The third-order valence-corrected chi connectivity index (χ3v) is 4.76. The molecule has 8 heteroatoms. The lowest BCUT2D eigenvalue weighted by molar-refractivity contribution is 0.252. The van der Waals surface area contributed by atoms with Gasteiger partial charge in [-0.1, -0.05) is 25.1 Å². The second-order valence-corrected chi connectivity index (χ2v) is 7.14. The van der Waals surface area contributed by atoms with Gasteiger partial charge in [0, 0.05) is 30.1 Å². The minimum absolute atomic E-state index is 0.265. The van der Waals surface area contributed by atoms with E-state index in [9.17, 15) is 9.18 Å². The minimum Gasteiger partial charge on any atom is -0.338 e. The molecular formula is C21H23FN6O. The standard InChI is InChI=1S/C21H23FN6O/c1-2-10-23-21(29)26-19-16(14-7-8-14)12-24-20(25-19)18-9-11-28(27-18)13-15-5-3-4-6-17(15)22/h3-6,9,11-12,14H,2,7-8,10,13H2,1H3,(H2,23,24,25,26,29). The lowest BCUT2D eigenvalue weighted by atomic mass is 10.2. The van der Waals surface area contributed by atoms with E-state index in [1.165, 1.54) is 6.07 Å². The summed E-state index contributed by atoms with van der Waals surface area (Å²) >= 11 is 0. The highest BCUT2D eigenvalue weighted by Gasteiger charge is 2.28. The maximum atomic E-state index is 13.9. The van der Waals surface area contributed by atoms with Crippen molar-refractivity contribution in [3.8, 4) is 11.5 Å². The Morgan fingerprint density at radius 2 is 2.10 bits per heavy atom. The van der Waals surface area contributed by atoms with Crippen LogP contribution in [0.1, 0.15) is 43.2 Å². The van der Waals surface area contributed by atoms with Gasteiger partial charge in [-0.25, -0.2) is 19.2 Å². The Balaban J connectivity index is 1.55. The van der Waals surface area contributed by atoms with Crippen LogP contribution in [0.25, 0.3) is 11.5 Å². The second kappa shape index (κ2) is 8.38. The number of amides is 2. The van der Waals surface area contributed by atoms with Crippen molar-refractivity contribution in [2.24, 2.45) is 0 Å². The largest absolute Gasteiger partial charge is 0.338 e. The number of carbonyl (C=O) groups excluding carboxylic acids is 1. The van der Waals surface area contributed by atoms with E-state index >= 15 is 0 Å². The average Bonchev–Trinajstić information content (AvgIpc) is 3.46. The normalized spacial score (nSPS) is 13.3. The van der Waals surface area contributed by atoms with Crippen LogP contribution in [0.15, 0.2) is 42.7 Å². The van der Waals surface area contributed by atoms with Crippen LogP contribution in [0.5, 0.6) is 0 Å². The van der Waals surface area contributed by atoms with Crippen molar-refractivity contribution in [3.05, 3.63) is 59.7 Å². The molecule has 1 aliphatic carbocycles. The number of urea groups is 1. The molecular weight excluding hydrogens is 371 g/mol. The van der Waals surface area contributed by atoms with Crippen LogP contribution in [0.2, 0.25) is 0 Å². The highest BCUT2D eigenvalue weighted by atomic mass is 19.1.